The lowest BCUT2D eigenvalue weighted by atomic mass is 10.0. The molecule has 0 bridgehead atoms. The molecule has 1 aromatic carbocycles. The fourth-order valence-electron chi connectivity index (χ4n) is 4.41. The first-order valence-corrected chi connectivity index (χ1v) is 12.1. The van der Waals surface area contributed by atoms with E-state index < -0.39 is 41.6 Å². The number of ether oxygens (including phenoxy) is 2. The first kappa shape index (κ1) is 27.0. The van der Waals surface area contributed by atoms with Crippen molar-refractivity contribution in [2.45, 2.75) is 32.8 Å². The number of nitrogens with two attached hydrogens (primary N) is 1. The number of primary amides is 1. The van der Waals surface area contributed by atoms with Crippen LogP contribution in [-0.2, 0) is 25.5 Å². The smallest absolute Gasteiger partial charge is 0.409 e. The van der Waals surface area contributed by atoms with Crippen molar-refractivity contribution in [3.63, 3.8) is 0 Å². The van der Waals surface area contributed by atoms with Crippen LogP contribution in [0.15, 0.2) is 30.5 Å². The summed E-state index contributed by atoms with van der Waals surface area (Å²) >= 11 is 0. The summed E-state index contributed by atoms with van der Waals surface area (Å²) in [6.07, 6.45) is 0.823. The van der Waals surface area contributed by atoms with E-state index in [-0.39, 0.29) is 42.9 Å². The summed E-state index contributed by atoms with van der Waals surface area (Å²) in [5, 5.41) is 2.40. The molecule has 10 nitrogen and oxygen atoms in total. The van der Waals surface area contributed by atoms with Gasteiger partial charge < -0.3 is 29.8 Å². The summed E-state index contributed by atoms with van der Waals surface area (Å²) in [5.41, 5.74) is 6.72. The number of carbonyl (C=O) groups excluding carboxylic acids is 3. The van der Waals surface area contributed by atoms with Gasteiger partial charge in [0.05, 0.1) is 43.3 Å². The van der Waals surface area contributed by atoms with Crippen molar-refractivity contribution in [2.24, 2.45) is 11.7 Å². The van der Waals surface area contributed by atoms with Gasteiger partial charge in [0.25, 0.3) is 0 Å². The average molecular weight is 530 g/mol. The molecule has 0 spiro atoms. The minimum Gasteiger partial charge on any atom is -0.453 e. The molecule has 2 aromatic heterocycles. The fourth-order valence-corrected chi connectivity index (χ4v) is 4.41. The molecule has 1 saturated heterocycles. The van der Waals surface area contributed by atoms with Gasteiger partial charge in [0.2, 0.25) is 11.8 Å². The van der Waals surface area contributed by atoms with Crippen LogP contribution in [-0.4, -0.2) is 65.1 Å². The molecule has 1 fully saturated rings. The molecule has 0 saturated carbocycles. The maximum atomic E-state index is 15.4. The number of morpholine rings is 1. The monoisotopic (exact) mass is 529 g/mol. The lowest BCUT2D eigenvalue weighted by Gasteiger charge is -2.32. The molecule has 202 valence electrons. The molecule has 1 aliphatic heterocycles. The Labute approximate surface area is 217 Å². The molecule has 3 heterocycles. The summed E-state index contributed by atoms with van der Waals surface area (Å²) in [4.78, 5) is 41.5. The van der Waals surface area contributed by atoms with Crippen molar-refractivity contribution < 1.29 is 32.6 Å². The standard InChI is InChI=1S/C26H29F2N5O5/c1-14-4-5-33-20(12-17-13-32(6-7-38-17)26(36)37-3)24(31-21(33)8-14)23-18(27)10-16(11-19(23)28)30-22(34)9-15(2)25(29)35/h4-5,8,10-11,15,17H,6-7,9,12-13H2,1-3H3,(H2,29,35)(H,30,34)/t15?,17-/m0/s1. The number of rotatable bonds is 7. The van der Waals surface area contributed by atoms with Crippen LogP contribution in [0.5, 0.6) is 0 Å². The molecular formula is C26H29F2N5O5. The van der Waals surface area contributed by atoms with Gasteiger partial charge in [0.1, 0.15) is 17.3 Å². The van der Waals surface area contributed by atoms with Crippen LogP contribution in [0.1, 0.15) is 24.6 Å². The van der Waals surface area contributed by atoms with Gasteiger partial charge in [-0.2, -0.15) is 0 Å². The fraction of sp³-hybridized carbons (Fsp3) is 0.385. The van der Waals surface area contributed by atoms with Crippen LogP contribution >= 0.6 is 0 Å². The van der Waals surface area contributed by atoms with E-state index in [1.165, 1.54) is 18.9 Å². The molecule has 12 heteroatoms. The Morgan fingerprint density at radius 1 is 1.26 bits per heavy atom. The number of hydrogen-bond acceptors (Lipinski definition) is 6. The number of methoxy groups -OCH3 is 1. The molecule has 0 aliphatic carbocycles. The number of anilines is 1. The Morgan fingerprint density at radius 3 is 2.63 bits per heavy atom. The summed E-state index contributed by atoms with van der Waals surface area (Å²) in [5.74, 6) is -3.84. The van der Waals surface area contributed by atoms with Gasteiger partial charge in [-0.15, -0.1) is 0 Å². The Kier molecular flexibility index (Phi) is 7.91. The predicted octanol–water partition coefficient (Wildman–Crippen LogP) is 3.05. The van der Waals surface area contributed by atoms with Crippen molar-refractivity contribution in [3.05, 3.63) is 53.4 Å². The van der Waals surface area contributed by atoms with Crippen molar-refractivity contribution in [3.8, 4) is 11.3 Å². The number of carbonyl (C=O) groups is 3. The van der Waals surface area contributed by atoms with Gasteiger partial charge in [-0.1, -0.05) is 6.92 Å². The number of hydrogen-bond donors (Lipinski definition) is 2. The predicted molar refractivity (Wildman–Crippen MR) is 134 cm³/mol. The quantitative estimate of drug-likeness (QED) is 0.484. The largest absolute Gasteiger partial charge is 0.453 e. The highest BCUT2D eigenvalue weighted by Crippen LogP contribution is 2.33. The first-order valence-electron chi connectivity index (χ1n) is 12.1. The van der Waals surface area contributed by atoms with Crippen LogP contribution in [0.3, 0.4) is 0 Å². The number of amides is 3. The number of fused-ring (bicyclic) bond motifs is 1. The molecule has 1 unspecified atom stereocenters. The van der Waals surface area contributed by atoms with Gasteiger partial charge in [-0.05, 0) is 36.8 Å². The van der Waals surface area contributed by atoms with E-state index in [9.17, 15) is 14.4 Å². The zero-order chi connectivity index (χ0) is 27.6. The third-order valence-corrected chi connectivity index (χ3v) is 6.41. The normalized spacial score (nSPS) is 16.3. The van der Waals surface area contributed by atoms with E-state index in [0.717, 1.165) is 17.7 Å². The third-order valence-electron chi connectivity index (χ3n) is 6.41. The number of benzene rings is 1. The number of nitrogens with one attached hydrogen (secondary N) is 1. The highest BCUT2D eigenvalue weighted by molar-refractivity contribution is 5.94. The van der Waals surface area contributed by atoms with Crippen molar-refractivity contribution in [1.82, 2.24) is 14.3 Å². The topological polar surface area (TPSA) is 128 Å². The molecule has 3 N–H and O–H groups in total. The van der Waals surface area contributed by atoms with E-state index in [1.54, 1.807) is 16.7 Å². The minimum atomic E-state index is -0.926. The van der Waals surface area contributed by atoms with Crippen LogP contribution in [0.2, 0.25) is 0 Å². The summed E-state index contributed by atoms with van der Waals surface area (Å²) in [6, 6.07) is 5.64. The van der Waals surface area contributed by atoms with Crippen LogP contribution in [0.25, 0.3) is 16.9 Å². The Morgan fingerprint density at radius 2 is 1.97 bits per heavy atom. The van der Waals surface area contributed by atoms with Gasteiger partial charge in [-0.25, -0.2) is 18.6 Å². The number of nitrogens with zero attached hydrogens (tertiary/aromatic N) is 3. The van der Waals surface area contributed by atoms with Crippen molar-refractivity contribution in [1.29, 1.82) is 0 Å². The van der Waals surface area contributed by atoms with Crippen LogP contribution in [0.4, 0.5) is 19.3 Å². The molecular weight excluding hydrogens is 500 g/mol. The van der Waals surface area contributed by atoms with E-state index >= 15 is 8.78 Å². The Balaban J connectivity index is 1.68. The molecule has 38 heavy (non-hydrogen) atoms. The SMILES string of the molecule is COC(=O)N1CCO[C@@H](Cc2c(-c3c(F)cc(NC(=O)CC(C)C(N)=O)cc3F)nc3cc(C)ccn23)C1. The summed E-state index contributed by atoms with van der Waals surface area (Å²) < 4.78 is 43.2. The second-order valence-electron chi connectivity index (χ2n) is 9.32. The lowest BCUT2D eigenvalue weighted by molar-refractivity contribution is -0.125. The second kappa shape index (κ2) is 11.1. The second-order valence-corrected chi connectivity index (χ2v) is 9.32. The van der Waals surface area contributed by atoms with Gasteiger partial charge in [0.15, 0.2) is 0 Å². The van der Waals surface area contributed by atoms with E-state index in [0.29, 0.717) is 17.9 Å². The van der Waals surface area contributed by atoms with Gasteiger partial charge in [-0.3, -0.25) is 9.59 Å². The molecule has 3 aromatic rings. The summed E-state index contributed by atoms with van der Waals surface area (Å²) in [7, 11) is 1.30. The molecule has 0 radical (unpaired) electrons. The zero-order valence-electron chi connectivity index (χ0n) is 21.3. The third kappa shape index (κ3) is 5.75. The zero-order valence-corrected chi connectivity index (χ0v) is 21.3. The van der Waals surface area contributed by atoms with E-state index in [2.05, 4.69) is 10.3 Å². The number of imidazole rings is 1. The number of aromatic nitrogens is 2. The highest BCUT2D eigenvalue weighted by atomic mass is 19.1. The Bertz CT molecular complexity index is 1370. The summed E-state index contributed by atoms with van der Waals surface area (Å²) in [6.45, 7) is 4.27. The van der Waals surface area contributed by atoms with Gasteiger partial charge >= 0.3 is 6.09 Å². The maximum Gasteiger partial charge on any atom is 0.409 e. The van der Waals surface area contributed by atoms with Crippen molar-refractivity contribution in [2.75, 3.05) is 32.1 Å². The highest BCUT2D eigenvalue weighted by Gasteiger charge is 2.29. The van der Waals surface area contributed by atoms with E-state index in [4.69, 9.17) is 15.2 Å². The van der Waals surface area contributed by atoms with Crippen LogP contribution < -0.4 is 11.1 Å². The molecule has 3 amide bonds. The molecule has 4 rings (SSSR count). The van der Waals surface area contributed by atoms with Gasteiger partial charge in [0, 0.05) is 37.2 Å². The first-order chi connectivity index (χ1) is 18.1. The average Bonchev–Trinajstić information content (AvgIpc) is 3.19. The molecule has 2 atom stereocenters. The number of aryl methyl sites for hydroxylation is 1. The minimum absolute atomic E-state index is 0.0876. The number of halogens is 2. The maximum absolute atomic E-state index is 15.4. The van der Waals surface area contributed by atoms with Crippen LogP contribution in [0, 0.1) is 24.5 Å². The lowest BCUT2D eigenvalue weighted by Crippen LogP contribution is -2.46. The number of pyridine rings is 1. The molecule has 1 aliphatic rings. The van der Waals surface area contributed by atoms with E-state index in [1.807, 2.05) is 13.0 Å². The van der Waals surface area contributed by atoms with Crippen molar-refractivity contribution >= 4 is 29.2 Å². The Hall–Kier alpha value is -4.06.